The molecule has 162 valence electrons. The number of amides is 2. The minimum absolute atomic E-state index is 0.347. The van der Waals surface area contributed by atoms with Gasteiger partial charge in [0.2, 0.25) is 0 Å². The maximum absolute atomic E-state index is 12.6. The number of benzene rings is 3. The summed E-state index contributed by atoms with van der Waals surface area (Å²) < 4.78 is 7.31. The van der Waals surface area contributed by atoms with Crippen LogP contribution in [0, 0.1) is 0 Å². The van der Waals surface area contributed by atoms with Crippen LogP contribution in [-0.2, 0) is 6.54 Å². The Morgan fingerprint density at radius 3 is 2.22 bits per heavy atom. The van der Waals surface area contributed by atoms with Crippen LogP contribution in [0.1, 0.15) is 5.56 Å². The van der Waals surface area contributed by atoms with Crippen LogP contribution in [0.15, 0.2) is 91.0 Å². The van der Waals surface area contributed by atoms with E-state index < -0.39 is 0 Å². The molecule has 0 aliphatic carbocycles. The fourth-order valence-electron chi connectivity index (χ4n) is 3.28. The van der Waals surface area contributed by atoms with Crippen molar-refractivity contribution in [2.45, 2.75) is 6.54 Å². The lowest BCUT2D eigenvalue weighted by Gasteiger charge is -2.10. The van der Waals surface area contributed by atoms with Gasteiger partial charge >= 0.3 is 6.03 Å². The van der Waals surface area contributed by atoms with E-state index in [0.717, 1.165) is 16.9 Å². The number of nitrogen functional groups attached to an aromatic ring is 1. The van der Waals surface area contributed by atoms with Gasteiger partial charge < -0.3 is 21.1 Å². The van der Waals surface area contributed by atoms with Crippen molar-refractivity contribution in [3.8, 4) is 17.0 Å². The number of hydrogen-bond donors (Lipinski definition) is 3. The molecule has 32 heavy (non-hydrogen) atoms. The molecule has 4 rings (SSSR count). The van der Waals surface area contributed by atoms with Crippen LogP contribution in [0.2, 0.25) is 0 Å². The number of anilines is 2. The van der Waals surface area contributed by atoms with Crippen LogP contribution in [0.25, 0.3) is 11.3 Å². The Kier molecular flexibility index (Phi) is 6.67. The van der Waals surface area contributed by atoms with Gasteiger partial charge in [-0.2, -0.15) is 5.10 Å². The lowest BCUT2D eigenvalue weighted by molar-refractivity contribution is 0.247. The molecule has 3 aromatic carbocycles. The van der Waals surface area contributed by atoms with Crippen molar-refractivity contribution in [1.82, 2.24) is 15.1 Å². The van der Waals surface area contributed by atoms with E-state index in [1.807, 2.05) is 91.0 Å². The van der Waals surface area contributed by atoms with Gasteiger partial charge in [0.25, 0.3) is 0 Å². The summed E-state index contributed by atoms with van der Waals surface area (Å²) in [4.78, 5) is 12.6. The highest BCUT2D eigenvalue weighted by Crippen LogP contribution is 2.32. The molecule has 0 aliphatic rings. The summed E-state index contributed by atoms with van der Waals surface area (Å²) in [6, 6.07) is 28.7. The maximum Gasteiger partial charge on any atom is 0.319 e. The normalized spacial score (nSPS) is 10.5. The molecular formula is C25H25N5O2. The summed E-state index contributed by atoms with van der Waals surface area (Å²) in [5, 5.41) is 10.4. The van der Waals surface area contributed by atoms with Crippen LogP contribution in [-0.4, -0.2) is 29.0 Å². The minimum Gasteiger partial charge on any atom is -0.492 e. The lowest BCUT2D eigenvalue weighted by Crippen LogP contribution is -2.32. The van der Waals surface area contributed by atoms with E-state index >= 15 is 0 Å². The predicted octanol–water partition coefficient (Wildman–Crippen LogP) is 4.38. The molecule has 0 saturated carbocycles. The highest BCUT2D eigenvalue weighted by atomic mass is 16.5. The topological polar surface area (TPSA) is 94.2 Å². The number of ether oxygens (including phenoxy) is 1. The standard InChI is InChI=1S/C25H25N5O2/c26-24-23(28-25(31)27-16-17-32-21-14-8-3-9-15-21)22(20-12-6-2-7-13-20)29-30(24)18-19-10-4-1-5-11-19/h1-15H,16-18,26H2,(H2,27,28,31). The second kappa shape index (κ2) is 10.2. The van der Waals surface area contributed by atoms with Crippen molar-refractivity contribution in [3.63, 3.8) is 0 Å². The third-order valence-electron chi connectivity index (χ3n) is 4.85. The number of carbonyl (C=O) groups is 1. The molecule has 1 heterocycles. The van der Waals surface area contributed by atoms with Gasteiger partial charge in [-0.15, -0.1) is 0 Å². The molecule has 0 atom stereocenters. The molecule has 0 aliphatic heterocycles. The van der Waals surface area contributed by atoms with Crippen LogP contribution < -0.4 is 21.1 Å². The largest absolute Gasteiger partial charge is 0.492 e. The molecule has 7 heteroatoms. The fraction of sp³-hybridized carbons (Fsp3) is 0.120. The van der Waals surface area contributed by atoms with Crippen molar-refractivity contribution in [3.05, 3.63) is 96.6 Å². The zero-order valence-corrected chi connectivity index (χ0v) is 17.6. The number of rotatable bonds is 8. The van der Waals surface area contributed by atoms with Gasteiger partial charge in [0, 0.05) is 5.56 Å². The number of aromatic nitrogens is 2. The Bertz CT molecular complexity index is 1150. The Hall–Kier alpha value is -4.26. The number of hydrogen-bond acceptors (Lipinski definition) is 4. The van der Waals surface area contributed by atoms with Crippen molar-refractivity contribution in [1.29, 1.82) is 0 Å². The van der Waals surface area contributed by atoms with E-state index in [1.165, 1.54) is 0 Å². The first-order chi connectivity index (χ1) is 15.7. The van der Waals surface area contributed by atoms with E-state index in [-0.39, 0.29) is 6.03 Å². The number of para-hydroxylation sites is 1. The van der Waals surface area contributed by atoms with Crippen LogP contribution in [0.4, 0.5) is 16.3 Å². The molecule has 0 unspecified atom stereocenters. The Morgan fingerprint density at radius 2 is 1.53 bits per heavy atom. The number of nitrogens with zero attached hydrogens (tertiary/aromatic N) is 2. The maximum atomic E-state index is 12.6. The van der Waals surface area contributed by atoms with Gasteiger partial charge in [-0.25, -0.2) is 9.48 Å². The van der Waals surface area contributed by atoms with Gasteiger partial charge in [-0.3, -0.25) is 0 Å². The molecule has 1 aromatic heterocycles. The zero-order chi connectivity index (χ0) is 22.2. The highest BCUT2D eigenvalue weighted by Gasteiger charge is 2.19. The smallest absolute Gasteiger partial charge is 0.319 e. The van der Waals surface area contributed by atoms with Gasteiger partial charge in [0.05, 0.1) is 13.1 Å². The SMILES string of the molecule is Nc1c(NC(=O)NCCOc2ccccc2)c(-c2ccccc2)nn1Cc1ccccc1. The van der Waals surface area contributed by atoms with E-state index in [0.29, 0.717) is 36.9 Å². The Balaban J connectivity index is 1.46. The average Bonchev–Trinajstić information content (AvgIpc) is 3.13. The second-order valence-electron chi connectivity index (χ2n) is 7.16. The molecule has 0 bridgehead atoms. The molecule has 0 fully saturated rings. The Labute approximate surface area is 186 Å². The first-order valence-corrected chi connectivity index (χ1v) is 10.4. The average molecular weight is 428 g/mol. The van der Waals surface area contributed by atoms with Crippen LogP contribution in [0.3, 0.4) is 0 Å². The molecule has 4 N–H and O–H groups in total. The molecule has 0 radical (unpaired) electrons. The van der Waals surface area contributed by atoms with E-state index in [4.69, 9.17) is 10.5 Å². The molecule has 7 nitrogen and oxygen atoms in total. The van der Waals surface area contributed by atoms with E-state index in [9.17, 15) is 4.79 Å². The lowest BCUT2D eigenvalue weighted by atomic mass is 10.1. The quantitative estimate of drug-likeness (QED) is 0.364. The molecule has 0 saturated heterocycles. The summed E-state index contributed by atoms with van der Waals surface area (Å²) in [5.41, 5.74) is 9.44. The first-order valence-electron chi connectivity index (χ1n) is 10.4. The summed E-state index contributed by atoms with van der Waals surface area (Å²) in [6.07, 6.45) is 0. The molecule has 0 spiro atoms. The second-order valence-corrected chi connectivity index (χ2v) is 7.16. The van der Waals surface area contributed by atoms with Gasteiger partial charge in [0.15, 0.2) is 0 Å². The fourth-order valence-corrected chi connectivity index (χ4v) is 3.28. The third kappa shape index (κ3) is 5.26. The van der Waals surface area contributed by atoms with Gasteiger partial charge in [-0.05, 0) is 17.7 Å². The first kappa shape index (κ1) is 21.0. The summed E-state index contributed by atoms with van der Waals surface area (Å²) in [6.45, 7) is 1.20. The zero-order valence-electron chi connectivity index (χ0n) is 17.6. The number of urea groups is 1. The van der Waals surface area contributed by atoms with Crippen molar-refractivity contribution in [2.75, 3.05) is 24.2 Å². The van der Waals surface area contributed by atoms with Crippen molar-refractivity contribution in [2.24, 2.45) is 0 Å². The molecule has 4 aromatic rings. The molecule has 2 amide bonds. The summed E-state index contributed by atoms with van der Waals surface area (Å²) in [5.74, 6) is 1.15. The van der Waals surface area contributed by atoms with Gasteiger partial charge in [-0.1, -0.05) is 78.9 Å². The van der Waals surface area contributed by atoms with Crippen LogP contribution in [0.5, 0.6) is 5.75 Å². The number of carbonyl (C=O) groups excluding carboxylic acids is 1. The third-order valence-corrected chi connectivity index (χ3v) is 4.85. The number of nitrogens with one attached hydrogen (secondary N) is 2. The van der Waals surface area contributed by atoms with Crippen molar-refractivity contribution >= 4 is 17.5 Å². The monoisotopic (exact) mass is 427 g/mol. The van der Waals surface area contributed by atoms with Gasteiger partial charge in [0.1, 0.15) is 29.6 Å². The minimum atomic E-state index is -0.371. The highest BCUT2D eigenvalue weighted by molar-refractivity contribution is 5.97. The number of nitrogens with two attached hydrogens (primary N) is 1. The van der Waals surface area contributed by atoms with Crippen molar-refractivity contribution < 1.29 is 9.53 Å². The predicted molar refractivity (Wildman–Crippen MR) is 127 cm³/mol. The van der Waals surface area contributed by atoms with Crippen LogP contribution >= 0.6 is 0 Å². The summed E-state index contributed by atoms with van der Waals surface area (Å²) >= 11 is 0. The molecular weight excluding hydrogens is 402 g/mol. The summed E-state index contributed by atoms with van der Waals surface area (Å²) in [7, 11) is 0. The Morgan fingerprint density at radius 1 is 0.906 bits per heavy atom. The van der Waals surface area contributed by atoms with E-state index in [1.54, 1.807) is 4.68 Å². The van der Waals surface area contributed by atoms with E-state index in [2.05, 4.69) is 15.7 Å².